The molecular formula is C8H14N4O3. The first kappa shape index (κ1) is 11.6. The normalized spacial score (nSPS) is 13.1. The summed E-state index contributed by atoms with van der Waals surface area (Å²) in [7, 11) is 3.39. The molecule has 0 bridgehead atoms. The van der Waals surface area contributed by atoms with E-state index in [-0.39, 0.29) is 12.5 Å². The average Bonchev–Trinajstić information content (AvgIpc) is 2.46. The van der Waals surface area contributed by atoms with Crippen LogP contribution in [0.25, 0.3) is 0 Å². The molecule has 0 aliphatic carbocycles. The lowest BCUT2D eigenvalue weighted by atomic mass is 10.5. The van der Waals surface area contributed by atoms with E-state index in [9.17, 15) is 15.2 Å². The highest BCUT2D eigenvalue weighted by Gasteiger charge is 2.20. The van der Waals surface area contributed by atoms with Crippen molar-refractivity contribution in [2.75, 3.05) is 14.1 Å². The van der Waals surface area contributed by atoms with Gasteiger partial charge in [0.2, 0.25) is 0 Å². The average molecular weight is 214 g/mol. The van der Waals surface area contributed by atoms with Crippen molar-refractivity contribution in [1.82, 2.24) is 14.5 Å². The molecule has 0 aromatic carbocycles. The molecular weight excluding hydrogens is 200 g/mol. The third kappa shape index (κ3) is 2.74. The molecule has 1 rings (SSSR count). The van der Waals surface area contributed by atoms with E-state index in [2.05, 4.69) is 4.98 Å². The fourth-order valence-electron chi connectivity index (χ4n) is 1.15. The first-order valence-corrected chi connectivity index (χ1v) is 4.44. The van der Waals surface area contributed by atoms with Gasteiger partial charge in [0.05, 0.1) is 0 Å². The Labute approximate surface area is 87.1 Å². The molecule has 0 saturated carbocycles. The molecule has 0 fully saturated rings. The number of likely N-dealkylation sites (N-methyl/N-ethyl adjacent to an activating group) is 1. The standard InChI is InChI=1S/C8H14N4O3/c1-6-4-11(5-7(13)10(2)3)8(9-6)12(14)15/h4,7,13H,5H2,1-3H3. The summed E-state index contributed by atoms with van der Waals surface area (Å²) in [5.41, 5.74) is 0.563. The first-order valence-electron chi connectivity index (χ1n) is 4.44. The van der Waals surface area contributed by atoms with Crippen LogP contribution in [0.15, 0.2) is 6.20 Å². The van der Waals surface area contributed by atoms with Gasteiger partial charge >= 0.3 is 5.95 Å². The van der Waals surface area contributed by atoms with Gasteiger partial charge in [-0.25, -0.2) is 4.57 Å². The third-order valence-electron chi connectivity index (χ3n) is 2.00. The zero-order chi connectivity index (χ0) is 11.6. The van der Waals surface area contributed by atoms with Gasteiger partial charge in [0.1, 0.15) is 24.7 Å². The van der Waals surface area contributed by atoms with E-state index in [4.69, 9.17) is 0 Å². The number of aliphatic hydroxyl groups is 1. The van der Waals surface area contributed by atoms with Crippen molar-refractivity contribution in [2.24, 2.45) is 0 Å². The second-order valence-corrected chi connectivity index (χ2v) is 3.54. The van der Waals surface area contributed by atoms with Crippen molar-refractivity contribution in [3.63, 3.8) is 0 Å². The van der Waals surface area contributed by atoms with Crippen LogP contribution in [0.3, 0.4) is 0 Å². The minimum absolute atomic E-state index is 0.129. The first-order chi connectivity index (χ1) is 6.91. The van der Waals surface area contributed by atoms with E-state index in [1.807, 2.05) is 0 Å². The van der Waals surface area contributed by atoms with Gasteiger partial charge in [-0.15, -0.1) is 0 Å². The molecule has 1 unspecified atom stereocenters. The van der Waals surface area contributed by atoms with Gasteiger partial charge in [0.25, 0.3) is 0 Å². The molecule has 0 aliphatic rings. The summed E-state index contributed by atoms with van der Waals surface area (Å²) >= 11 is 0. The molecule has 1 aromatic rings. The van der Waals surface area contributed by atoms with Crippen LogP contribution >= 0.6 is 0 Å². The summed E-state index contributed by atoms with van der Waals surface area (Å²) in [5.74, 6) is -0.242. The molecule has 0 aliphatic heterocycles. The Morgan fingerprint density at radius 1 is 1.73 bits per heavy atom. The molecule has 1 atom stereocenters. The van der Waals surface area contributed by atoms with Crippen LogP contribution < -0.4 is 0 Å². The molecule has 7 heteroatoms. The molecule has 1 aromatic heterocycles. The van der Waals surface area contributed by atoms with Crippen LogP contribution in [0.2, 0.25) is 0 Å². The Kier molecular flexibility index (Phi) is 3.38. The van der Waals surface area contributed by atoms with Crippen molar-refractivity contribution in [3.05, 3.63) is 22.0 Å². The maximum absolute atomic E-state index is 10.6. The van der Waals surface area contributed by atoms with Crippen molar-refractivity contribution < 1.29 is 10.0 Å². The summed E-state index contributed by atoms with van der Waals surface area (Å²) in [6.07, 6.45) is 0.780. The lowest BCUT2D eigenvalue weighted by Crippen LogP contribution is -2.31. The molecule has 0 saturated heterocycles. The van der Waals surface area contributed by atoms with Crippen LogP contribution in [-0.2, 0) is 6.54 Å². The van der Waals surface area contributed by atoms with Crippen molar-refractivity contribution in [3.8, 4) is 0 Å². The number of aryl methyl sites for hydroxylation is 1. The minimum atomic E-state index is -0.766. The minimum Gasteiger partial charge on any atom is -0.390 e. The highest BCUT2D eigenvalue weighted by atomic mass is 16.6. The molecule has 0 amide bonds. The SMILES string of the molecule is Cc1cn(CC(O)N(C)C)c([N+](=O)[O-])n1. The molecule has 0 spiro atoms. The second kappa shape index (κ2) is 4.37. The smallest absolute Gasteiger partial charge is 0.390 e. The van der Waals surface area contributed by atoms with Gasteiger partial charge in [0, 0.05) is 0 Å². The predicted molar refractivity (Wildman–Crippen MR) is 53.3 cm³/mol. The molecule has 0 radical (unpaired) electrons. The maximum atomic E-state index is 10.6. The van der Waals surface area contributed by atoms with Crippen LogP contribution in [0, 0.1) is 17.0 Å². The van der Waals surface area contributed by atoms with Gasteiger partial charge in [-0.1, -0.05) is 4.98 Å². The van der Waals surface area contributed by atoms with E-state index in [1.165, 1.54) is 4.57 Å². The Bertz CT molecular complexity index is 361. The number of rotatable bonds is 4. The summed E-state index contributed by atoms with van der Waals surface area (Å²) in [6.45, 7) is 1.80. The van der Waals surface area contributed by atoms with E-state index < -0.39 is 11.2 Å². The van der Waals surface area contributed by atoms with Gasteiger partial charge < -0.3 is 15.2 Å². The summed E-state index contributed by atoms with van der Waals surface area (Å²) in [6, 6.07) is 0. The largest absolute Gasteiger partial charge is 0.434 e. The lowest BCUT2D eigenvalue weighted by Gasteiger charge is -2.16. The zero-order valence-electron chi connectivity index (χ0n) is 8.91. The Morgan fingerprint density at radius 2 is 2.33 bits per heavy atom. The van der Waals surface area contributed by atoms with Crippen LogP contribution in [0.4, 0.5) is 5.95 Å². The number of imidazole rings is 1. The van der Waals surface area contributed by atoms with Crippen molar-refractivity contribution in [1.29, 1.82) is 0 Å². The van der Waals surface area contributed by atoms with Crippen LogP contribution in [0.1, 0.15) is 5.69 Å². The highest BCUT2D eigenvalue weighted by molar-refractivity contribution is 5.13. The van der Waals surface area contributed by atoms with Gasteiger partial charge in [0.15, 0.2) is 0 Å². The summed E-state index contributed by atoms with van der Waals surface area (Å²) < 4.78 is 1.33. The van der Waals surface area contributed by atoms with Crippen molar-refractivity contribution >= 4 is 5.95 Å². The third-order valence-corrected chi connectivity index (χ3v) is 2.00. The van der Waals surface area contributed by atoms with Gasteiger partial charge in [-0.2, -0.15) is 0 Å². The fraction of sp³-hybridized carbons (Fsp3) is 0.625. The molecule has 84 valence electrons. The van der Waals surface area contributed by atoms with E-state index in [0.29, 0.717) is 5.69 Å². The second-order valence-electron chi connectivity index (χ2n) is 3.54. The Morgan fingerprint density at radius 3 is 2.80 bits per heavy atom. The van der Waals surface area contributed by atoms with Gasteiger partial charge in [-0.3, -0.25) is 4.90 Å². The molecule has 1 N–H and O–H groups in total. The van der Waals surface area contributed by atoms with Gasteiger partial charge in [-0.05, 0) is 25.9 Å². The van der Waals surface area contributed by atoms with E-state index >= 15 is 0 Å². The lowest BCUT2D eigenvalue weighted by molar-refractivity contribution is -0.397. The number of nitro groups is 1. The van der Waals surface area contributed by atoms with E-state index in [0.717, 1.165) is 0 Å². The predicted octanol–water partition coefficient (Wildman–Crippen LogP) is -0.0203. The van der Waals surface area contributed by atoms with Crippen LogP contribution in [0.5, 0.6) is 0 Å². The number of aromatic nitrogens is 2. The maximum Gasteiger partial charge on any atom is 0.434 e. The number of aliphatic hydroxyl groups excluding tert-OH is 1. The molecule has 7 nitrogen and oxygen atoms in total. The van der Waals surface area contributed by atoms with Crippen LogP contribution in [-0.4, -0.2) is 44.8 Å². The number of nitrogens with zero attached hydrogens (tertiary/aromatic N) is 4. The van der Waals surface area contributed by atoms with E-state index in [1.54, 1.807) is 32.1 Å². The topological polar surface area (TPSA) is 84.4 Å². The van der Waals surface area contributed by atoms with Crippen molar-refractivity contribution in [2.45, 2.75) is 19.7 Å². The summed E-state index contributed by atoms with van der Waals surface area (Å²) in [5, 5.41) is 20.2. The zero-order valence-corrected chi connectivity index (χ0v) is 8.91. The summed E-state index contributed by atoms with van der Waals surface area (Å²) in [4.78, 5) is 15.4. The highest BCUT2D eigenvalue weighted by Crippen LogP contribution is 2.12. The monoisotopic (exact) mass is 214 g/mol. The molecule has 15 heavy (non-hydrogen) atoms. The number of hydrogen-bond donors (Lipinski definition) is 1. The Hall–Kier alpha value is -1.47. The molecule has 1 heterocycles. The Balaban J connectivity index is 2.89. The fourth-order valence-corrected chi connectivity index (χ4v) is 1.15. The number of hydrogen-bond acceptors (Lipinski definition) is 5. The quantitative estimate of drug-likeness (QED) is 0.432.